The van der Waals surface area contributed by atoms with Gasteiger partial charge < -0.3 is 9.64 Å². The van der Waals surface area contributed by atoms with E-state index < -0.39 is 0 Å². The van der Waals surface area contributed by atoms with Crippen molar-refractivity contribution in [2.45, 2.75) is 26.7 Å². The molecule has 1 aliphatic heterocycles. The zero-order valence-corrected chi connectivity index (χ0v) is 16.9. The Morgan fingerprint density at radius 3 is 2.61 bits per heavy atom. The van der Waals surface area contributed by atoms with Crippen molar-refractivity contribution in [3.8, 4) is 5.69 Å². The third kappa shape index (κ3) is 3.47. The number of anilines is 1. The quantitative estimate of drug-likeness (QED) is 0.595. The second kappa shape index (κ2) is 7.84. The van der Waals surface area contributed by atoms with E-state index in [1.807, 2.05) is 44.2 Å². The van der Waals surface area contributed by atoms with Gasteiger partial charge in [0.1, 0.15) is 0 Å². The van der Waals surface area contributed by atoms with Crippen molar-refractivity contribution in [1.82, 2.24) is 9.55 Å². The first kappa shape index (κ1) is 18.8. The molecule has 6 heteroatoms. The predicted molar refractivity (Wildman–Crippen MR) is 112 cm³/mol. The van der Waals surface area contributed by atoms with Gasteiger partial charge in [-0.25, -0.2) is 4.98 Å². The summed E-state index contributed by atoms with van der Waals surface area (Å²) in [7, 11) is 0. The number of piperidine rings is 1. The summed E-state index contributed by atoms with van der Waals surface area (Å²) in [4.78, 5) is 19.3. The Hall–Kier alpha value is -2.53. The lowest BCUT2D eigenvalue weighted by atomic mass is 9.97. The average Bonchev–Trinajstić information content (AvgIpc) is 3.07. The molecule has 4 rings (SSSR count). The Morgan fingerprint density at radius 1 is 1.21 bits per heavy atom. The highest BCUT2D eigenvalue weighted by molar-refractivity contribution is 6.32. The van der Waals surface area contributed by atoms with Crippen LogP contribution in [-0.4, -0.2) is 35.2 Å². The van der Waals surface area contributed by atoms with E-state index in [0.29, 0.717) is 6.61 Å². The molecule has 5 nitrogen and oxygen atoms in total. The number of carbonyl (C=O) groups is 1. The Bertz CT molecular complexity index is 992. The van der Waals surface area contributed by atoms with Gasteiger partial charge >= 0.3 is 5.97 Å². The first-order valence-corrected chi connectivity index (χ1v) is 10.1. The smallest absolute Gasteiger partial charge is 0.309 e. The van der Waals surface area contributed by atoms with E-state index in [1.165, 1.54) is 0 Å². The molecule has 1 saturated heterocycles. The number of esters is 1. The third-order valence-electron chi connectivity index (χ3n) is 5.33. The zero-order chi connectivity index (χ0) is 19.7. The molecule has 0 N–H and O–H groups in total. The lowest BCUT2D eigenvalue weighted by Gasteiger charge is -2.32. The molecule has 28 heavy (non-hydrogen) atoms. The fourth-order valence-electron chi connectivity index (χ4n) is 3.81. The maximum absolute atomic E-state index is 12.1. The number of aryl methyl sites for hydroxylation is 1. The molecule has 0 unspecified atom stereocenters. The van der Waals surface area contributed by atoms with Crippen LogP contribution in [0.3, 0.4) is 0 Å². The Labute approximate surface area is 169 Å². The number of ether oxygens (including phenoxy) is 1. The zero-order valence-electron chi connectivity index (χ0n) is 16.2. The van der Waals surface area contributed by atoms with E-state index in [2.05, 4.69) is 21.6 Å². The van der Waals surface area contributed by atoms with Crippen molar-refractivity contribution >= 4 is 34.6 Å². The number of para-hydroxylation sites is 1. The third-order valence-corrected chi connectivity index (χ3v) is 5.74. The van der Waals surface area contributed by atoms with Gasteiger partial charge in [-0.1, -0.05) is 29.8 Å². The molecule has 0 bridgehead atoms. The average molecular weight is 398 g/mol. The number of aromatic nitrogens is 2. The monoisotopic (exact) mass is 397 g/mol. The van der Waals surface area contributed by atoms with Gasteiger partial charge in [0.25, 0.3) is 0 Å². The minimum atomic E-state index is -0.0823. The van der Waals surface area contributed by atoms with Crippen LogP contribution in [0.2, 0.25) is 5.02 Å². The second-order valence-electron chi connectivity index (χ2n) is 7.19. The van der Waals surface area contributed by atoms with Gasteiger partial charge in [-0.3, -0.25) is 9.36 Å². The maximum Gasteiger partial charge on any atom is 0.309 e. The summed E-state index contributed by atoms with van der Waals surface area (Å²) in [5, 5.41) is 0.733. The summed E-state index contributed by atoms with van der Waals surface area (Å²) in [6, 6.07) is 14.2. The number of halogens is 1. The van der Waals surface area contributed by atoms with Crippen LogP contribution in [0.5, 0.6) is 0 Å². The van der Waals surface area contributed by atoms with E-state index in [4.69, 9.17) is 21.3 Å². The van der Waals surface area contributed by atoms with E-state index >= 15 is 0 Å². The number of hydrogen-bond donors (Lipinski definition) is 0. The number of hydrogen-bond acceptors (Lipinski definition) is 4. The van der Waals surface area contributed by atoms with E-state index in [9.17, 15) is 4.79 Å². The summed E-state index contributed by atoms with van der Waals surface area (Å²) in [6.07, 6.45) is 1.55. The molecule has 2 heterocycles. The van der Waals surface area contributed by atoms with Crippen molar-refractivity contribution < 1.29 is 9.53 Å². The summed E-state index contributed by atoms with van der Waals surface area (Å²) in [5.74, 6) is 0.786. The van der Waals surface area contributed by atoms with E-state index in [0.717, 1.165) is 59.2 Å². The van der Waals surface area contributed by atoms with Crippen LogP contribution in [0.1, 0.15) is 25.3 Å². The summed E-state index contributed by atoms with van der Waals surface area (Å²) < 4.78 is 7.35. The molecule has 3 aromatic rings. The van der Waals surface area contributed by atoms with Gasteiger partial charge in [0.2, 0.25) is 5.95 Å². The van der Waals surface area contributed by atoms with Crippen LogP contribution in [0.25, 0.3) is 16.7 Å². The lowest BCUT2D eigenvalue weighted by Crippen LogP contribution is -2.38. The van der Waals surface area contributed by atoms with Crippen LogP contribution in [0.15, 0.2) is 42.5 Å². The fraction of sp³-hybridized carbons (Fsp3) is 0.364. The molecule has 1 aliphatic rings. The Balaban J connectivity index is 1.72. The molecule has 1 aromatic heterocycles. The normalized spacial score (nSPS) is 15.2. The van der Waals surface area contributed by atoms with E-state index in [1.54, 1.807) is 0 Å². The Morgan fingerprint density at radius 2 is 1.93 bits per heavy atom. The minimum absolute atomic E-state index is 0.0255. The lowest BCUT2D eigenvalue weighted by molar-refractivity contribution is -0.148. The van der Waals surface area contributed by atoms with Crippen molar-refractivity contribution in [3.05, 3.63) is 53.1 Å². The van der Waals surface area contributed by atoms with Gasteiger partial charge in [0.15, 0.2) is 0 Å². The first-order valence-electron chi connectivity index (χ1n) is 9.74. The van der Waals surface area contributed by atoms with Gasteiger partial charge in [-0.15, -0.1) is 0 Å². The van der Waals surface area contributed by atoms with Crippen LogP contribution < -0.4 is 4.90 Å². The number of carbonyl (C=O) groups excluding carboxylic acids is 1. The maximum atomic E-state index is 12.1. The van der Waals surface area contributed by atoms with Crippen molar-refractivity contribution in [2.24, 2.45) is 5.92 Å². The highest BCUT2D eigenvalue weighted by atomic mass is 35.5. The van der Waals surface area contributed by atoms with Gasteiger partial charge in [0, 0.05) is 23.8 Å². The van der Waals surface area contributed by atoms with Crippen LogP contribution in [-0.2, 0) is 9.53 Å². The Kier molecular flexibility index (Phi) is 5.27. The highest BCUT2D eigenvalue weighted by Crippen LogP contribution is 2.32. The molecule has 0 saturated carbocycles. The molecular formula is C22H24ClN3O2. The van der Waals surface area contributed by atoms with Crippen LogP contribution >= 0.6 is 11.6 Å². The second-order valence-corrected chi connectivity index (χ2v) is 7.59. The summed E-state index contributed by atoms with van der Waals surface area (Å²) in [5.41, 5.74) is 3.98. The number of benzene rings is 2. The fourth-order valence-corrected chi connectivity index (χ4v) is 3.97. The summed E-state index contributed by atoms with van der Waals surface area (Å²) >= 11 is 6.42. The molecule has 146 valence electrons. The predicted octanol–water partition coefficient (Wildman–Crippen LogP) is 4.77. The molecule has 0 aliphatic carbocycles. The standard InChI is InChI=1S/C22H24ClN3O2/c1-3-28-21(27)16-9-11-25(12-10-16)22-24-19-13-15(2)18(23)14-20(19)26(22)17-7-5-4-6-8-17/h4-8,13-14,16H,3,9-12H2,1-2H3. The topological polar surface area (TPSA) is 47.4 Å². The number of fused-ring (bicyclic) bond motifs is 1. The minimum Gasteiger partial charge on any atom is -0.466 e. The molecule has 0 atom stereocenters. The van der Waals surface area contributed by atoms with Crippen molar-refractivity contribution in [1.29, 1.82) is 0 Å². The molecule has 0 spiro atoms. The van der Waals surface area contributed by atoms with E-state index in [-0.39, 0.29) is 11.9 Å². The van der Waals surface area contributed by atoms with Gasteiger partial charge in [-0.2, -0.15) is 0 Å². The summed E-state index contributed by atoms with van der Waals surface area (Å²) in [6.45, 7) is 5.82. The molecule has 0 radical (unpaired) electrons. The largest absolute Gasteiger partial charge is 0.466 e. The van der Waals surface area contributed by atoms with Crippen LogP contribution in [0, 0.1) is 12.8 Å². The number of rotatable bonds is 4. The molecular weight excluding hydrogens is 374 g/mol. The SMILES string of the molecule is CCOC(=O)C1CCN(c2nc3cc(C)c(Cl)cc3n2-c2ccccc2)CC1. The van der Waals surface area contributed by atoms with Gasteiger partial charge in [-0.05, 0) is 56.5 Å². The molecule has 2 aromatic carbocycles. The van der Waals surface area contributed by atoms with Gasteiger partial charge in [0.05, 0.1) is 23.6 Å². The molecule has 0 amide bonds. The first-order chi connectivity index (χ1) is 13.6. The van der Waals surface area contributed by atoms with Crippen molar-refractivity contribution in [3.63, 3.8) is 0 Å². The molecule has 1 fully saturated rings. The highest BCUT2D eigenvalue weighted by Gasteiger charge is 2.29. The van der Waals surface area contributed by atoms with Crippen molar-refractivity contribution in [2.75, 3.05) is 24.6 Å². The van der Waals surface area contributed by atoms with Crippen LogP contribution in [0.4, 0.5) is 5.95 Å². The number of nitrogens with zero attached hydrogens (tertiary/aromatic N) is 3. The number of imidazole rings is 1.